The first kappa shape index (κ1) is 13.2. The smallest absolute Gasteiger partial charge is 0.200 e. The zero-order valence-electron chi connectivity index (χ0n) is 12.4. The standard InChI is InChI=1S/C13H21N7/c1-12(2)7-9(8-13(3,4)17-12)14-10-5-6-11-15-18-19-20(11)16-10/h5-6,9,17H,7-8H2,1-4H3,(H,14,16). The molecule has 1 fully saturated rings. The molecular formula is C13H21N7. The molecule has 7 heteroatoms. The van der Waals surface area contributed by atoms with Gasteiger partial charge in [-0.05, 0) is 63.1 Å². The highest BCUT2D eigenvalue weighted by Gasteiger charge is 2.37. The molecule has 0 unspecified atom stereocenters. The Bertz CT molecular complexity index is 600. The van der Waals surface area contributed by atoms with Crippen LogP contribution in [-0.4, -0.2) is 42.4 Å². The van der Waals surface area contributed by atoms with Crippen molar-refractivity contribution < 1.29 is 0 Å². The second kappa shape index (κ2) is 4.37. The van der Waals surface area contributed by atoms with Gasteiger partial charge in [-0.3, -0.25) is 0 Å². The molecule has 2 N–H and O–H groups in total. The van der Waals surface area contributed by atoms with Crippen LogP contribution in [0.15, 0.2) is 12.1 Å². The predicted octanol–water partition coefficient (Wildman–Crippen LogP) is 1.24. The van der Waals surface area contributed by atoms with Crippen LogP contribution < -0.4 is 10.6 Å². The summed E-state index contributed by atoms with van der Waals surface area (Å²) in [4.78, 5) is 0. The average Bonchev–Trinajstić information content (AvgIpc) is 2.71. The van der Waals surface area contributed by atoms with Gasteiger partial charge in [-0.15, -0.1) is 14.8 Å². The van der Waals surface area contributed by atoms with Crippen LogP contribution in [0.5, 0.6) is 0 Å². The molecule has 0 amide bonds. The minimum Gasteiger partial charge on any atom is -0.366 e. The molecule has 2 aromatic rings. The molecule has 0 bridgehead atoms. The van der Waals surface area contributed by atoms with Gasteiger partial charge in [0, 0.05) is 17.1 Å². The lowest BCUT2D eigenvalue weighted by molar-refractivity contribution is 0.170. The minimum absolute atomic E-state index is 0.109. The quantitative estimate of drug-likeness (QED) is 0.858. The molecule has 7 nitrogen and oxygen atoms in total. The number of anilines is 1. The second-order valence-electron chi connectivity index (χ2n) is 6.89. The van der Waals surface area contributed by atoms with Crippen LogP contribution >= 0.6 is 0 Å². The van der Waals surface area contributed by atoms with Gasteiger partial charge in [-0.1, -0.05) is 0 Å². The number of rotatable bonds is 2. The summed E-state index contributed by atoms with van der Waals surface area (Å²) in [7, 11) is 0. The summed E-state index contributed by atoms with van der Waals surface area (Å²) >= 11 is 0. The fourth-order valence-corrected chi connectivity index (χ4v) is 3.36. The van der Waals surface area contributed by atoms with Crippen molar-refractivity contribution in [2.75, 3.05) is 5.32 Å². The molecule has 0 saturated carbocycles. The summed E-state index contributed by atoms with van der Waals surface area (Å²) in [6.07, 6.45) is 2.09. The van der Waals surface area contributed by atoms with Crippen LogP contribution in [0.4, 0.5) is 5.82 Å². The highest BCUT2D eigenvalue weighted by atomic mass is 15.6. The fraction of sp³-hybridized carbons (Fsp3) is 0.692. The van der Waals surface area contributed by atoms with E-state index in [9.17, 15) is 0 Å². The van der Waals surface area contributed by atoms with Crippen molar-refractivity contribution >= 4 is 11.5 Å². The third-order valence-electron chi connectivity index (χ3n) is 3.61. The summed E-state index contributed by atoms with van der Waals surface area (Å²) in [5, 5.41) is 22.8. The van der Waals surface area contributed by atoms with Crippen molar-refractivity contribution in [1.29, 1.82) is 0 Å². The minimum atomic E-state index is 0.109. The highest BCUT2D eigenvalue weighted by molar-refractivity contribution is 5.42. The van der Waals surface area contributed by atoms with Gasteiger partial charge in [0.2, 0.25) is 0 Å². The van der Waals surface area contributed by atoms with Crippen LogP contribution in [0.2, 0.25) is 0 Å². The molecule has 0 spiro atoms. The molecule has 1 aliphatic rings. The Morgan fingerprint density at radius 3 is 2.60 bits per heavy atom. The Hall–Kier alpha value is -1.76. The summed E-state index contributed by atoms with van der Waals surface area (Å²) in [5.41, 5.74) is 0.873. The van der Waals surface area contributed by atoms with Crippen molar-refractivity contribution in [1.82, 2.24) is 30.6 Å². The van der Waals surface area contributed by atoms with Gasteiger partial charge >= 0.3 is 0 Å². The van der Waals surface area contributed by atoms with E-state index in [2.05, 4.69) is 59.0 Å². The zero-order chi connectivity index (χ0) is 14.4. The van der Waals surface area contributed by atoms with Crippen LogP contribution in [-0.2, 0) is 0 Å². The van der Waals surface area contributed by atoms with Gasteiger partial charge in [-0.25, -0.2) is 0 Å². The first-order valence-corrected chi connectivity index (χ1v) is 6.94. The maximum absolute atomic E-state index is 4.37. The molecule has 3 rings (SSSR count). The van der Waals surface area contributed by atoms with E-state index < -0.39 is 0 Å². The van der Waals surface area contributed by atoms with Gasteiger partial charge in [0.25, 0.3) is 0 Å². The lowest BCUT2D eigenvalue weighted by Crippen LogP contribution is -2.60. The van der Waals surface area contributed by atoms with Crippen LogP contribution in [0.25, 0.3) is 5.65 Å². The number of nitrogens with zero attached hydrogens (tertiary/aromatic N) is 5. The summed E-state index contributed by atoms with van der Waals surface area (Å²) < 4.78 is 1.44. The Morgan fingerprint density at radius 1 is 1.20 bits per heavy atom. The fourth-order valence-electron chi connectivity index (χ4n) is 3.36. The average molecular weight is 275 g/mol. The van der Waals surface area contributed by atoms with E-state index in [4.69, 9.17) is 0 Å². The first-order chi connectivity index (χ1) is 9.33. The number of hydrogen-bond donors (Lipinski definition) is 2. The Labute approximate surface area is 118 Å². The predicted molar refractivity (Wildman–Crippen MR) is 76.5 cm³/mol. The monoisotopic (exact) mass is 275 g/mol. The van der Waals surface area contributed by atoms with Crippen LogP contribution in [0.3, 0.4) is 0 Å². The molecule has 20 heavy (non-hydrogen) atoms. The molecule has 0 aliphatic carbocycles. The van der Waals surface area contributed by atoms with Crippen molar-refractivity contribution in [3.05, 3.63) is 12.1 Å². The number of tetrazole rings is 1. The highest BCUT2D eigenvalue weighted by Crippen LogP contribution is 2.30. The van der Waals surface area contributed by atoms with E-state index >= 15 is 0 Å². The van der Waals surface area contributed by atoms with Gasteiger partial charge in [0.15, 0.2) is 5.65 Å². The van der Waals surface area contributed by atoms with Gasteiger partial charge in [-0.2, -0.15) is 0 Å². The van der Waals surface area contributed by atoms with Crippen molar-refractivity contribution in [3.63, 3.8) is 0 Å². The molecule has 0 aromatic carbocycles. The van der Waals surface area contributed by atoms with E-state index in [-0.39, 0.29) is 11.1 Å². The van der Waals surface area contributed by atoms with Crippen LogP contribution in [0, 0.1) is 0 Å². The Balaban J connectivity index is 1.79. The maximum Gasteiger partial charge on any atom is 0.200 e. The number of nitrogens with one attached hydrogen (secondary N) is 2. The molecule has 108 valence electrons. The number of piperidine rings is 1. The lowest BCUT2D eigenvalue weighted by atomic mass is 9.79. The van der Waals surface area contributed by atoms with E-state index in [0.29, 0.717) is 11.7 Å². The topological polar surface area (TPSA) is 80.0 Å². The summed E-state index contributed by atoms with van der Waals surface area (Å²) in [5.74, 6) is 0.809. The maximum atomic E-state index is 4.37. The molecule has 2 aromatic heterocycles. The number of aromatic nitrogens is 5. The summed E-state index contributed by atoms with van der Waals surface area (Å²) in [6, 6.07) is 4.17. The van der Waals surface area contributed by atoms with E-state index in [1.807, 2.05) is 12.1 Å². The third-order valence-corrected chi connectivity index (χ3v) is 3.61. The van der Waals surface area contributed by atoms with Gasteiger partial charge < -0.3 is 10.6 Å². The van der Waals surface area contributed by atoms with Crippen molar-refractivity contribution in [3.8, 4) is 0 Å². The van der Waals surface area contributed by atoms with Crippen molar-refractivity contribution in [2.45, 2.75) is 57.7 Å². The zero-order valence-corrected chi connectivity index (χ0v) is 12.4. The normalized spacial score (nSPS) is 22.0. The van der Waals surface area contributed by atoms with Gasteiger partial charge in [0.1, 0.15) is 5.82 Å². The number of fused-ring (bicyclic) bond motifs is 1. The molecule has 0 radical (unpaired) electrons. The van der Waals surface area contributed by atoms with Gasteiger partial charge in [0.05, 0.1) is 0 Å². The second-order valence-corrected chi connectivity index (χ2v) is 6.89. The van der Waals surface area contributed by atoms with E-state index in [1.165, 1.54) is 4.63 Å². The largest absolute Gasteiger partial charge is 0.366 e. The molecule has 1 aliphatic heterocycles. The number of hydrogen-bond acceptors (Lipinski definition) is 6. The SMILES string of the molecule is CC1(C)CC(Nc2ccc3nnnn3n2)CC(C)(C)N1. The van der Waals surface area contributed by atoms with Crippen LogP contribution in [0.1, 0.15) is 40.5 Å². The molecule has 1 saturated heterocycles. The Kier molecular flexibility index (Phi) is 2.89. The van der Waals surface area contributed by atoms with E-state index in [0.717, 1.165) is 18.7 Å². The summed E-state index contributed by atoms with van der Waals surface area (Å²) in [6.45, 7) is 8.95. The lowest BCUT2D eigenvalue weighted by Gasteiger charge is -2.46. The Morgan fingerprint density at radius 2 is 1.90 bits per heavy atom. The molecule has 0 atom stereocenters. The molecular weight excluding hydrogens is 254 g/mol. The third kappa shape index (κ3) is 2.72. The molecule has 3 heterocycles. The first-order valence-electron chi connectivity index (χ1n) is 6.94. The van der Waals surface area contributed by atoms with Crippen molar-refractivity contribution in [2.24, 2.45) is 0 Å². The van der Waals surface area contributed by atoms with E-state index in [1.54, 1.807) is 0 Å².